The number of hydrogen-bond acceptors (Lipinski definition) is 7. The Bertz CT molecular complexity index is 1610. The highest BCUT2D eigenvalue weighted by molar-refractivity contribution is 6.31. The van der Waals surface area contributed by atoms with Crippen LogP contribution in [0.5, 0.6) is 0 Å². The van der Waals surface area contributed by atoms with Crippen molar-refractivity contribution in [3.63, 3.8) is 0 Å². The second-order valence-electron chi connectivity index (χ2n) is 9.88. The lowest BCUT2D eigenvalue weighted by atomic mass is 10.1. The first-order valence-corrected chi connectivity index (χ1v) is 12.8. The fraction of sp³-hybridized carbons (Fsp3) is 0.320. The van der Waals surface area contributed by atoms with Crippen LogP contribution in [0.1, 0.15) is 30.0 Å². The van der Waals surface area contributed by atoms with E-state index in [0.29, 0.717) is 21.3 Å². The number of alkyl halides is 3. The van der Waals surface area contributed by atoms with Crippen molar-refractivity contribution in [3.05, 3.63) is 80.7 Å². The molecule has 0 saturated carbocycles. The van der Waals surface area contributed by atoms with Crippen LogP contribution in [0.3, 0.4) is 0 Å². The van der Waals surface area contributed by atoms with E-state index >= 15 is 0 Å². The van der Waals surface area contributed by atoms with E-state index in [1.165, 1.54) is 41.3 Å². The Kier molecular flexibility index (Phi) is 8.59. The summed E-state index contributed by atoms with van der Waals surface area (Å²) in [6.07, 6.45) is -6.46. The van der Waals surface area contributed by atoms with Gasteiger partial charge in [0.25, 0.3) is 5.91 Å². The molecule has 0 fully saturated rings. The van der Waals surface area contributed by atoms with E-state index < -0.39 is 36.0 Å². The zero-order valence-corrected chi connectivity index (χ0v) is 23.2. The number of carbonyl (C=O) groups excluding carboxylic acids is 1. The lowest BCUT2D eigenvalue weighted by Gasteiger charge is -2.19. The van der Waals surface area contributed by atoms with Gasteiger partial charge in [0.15, 0.2) is 17.8 Å². The topological polar surface area (TPSA) is 146 Å². The van der Waals surface area contributed by atoms with Gasteiger partial charge in [-0.1, -0.05) is 23.2 Å². The molecule has 0 spiro atoms. The first kappa shape index (κ1) is 30.2. The SMILES string of the molecule is CC(C)(N)CNC(=O)c1cc(Cl)ccc1-n1cnc(Cn2nc(-c3ccc(Cl)cc3)n(C[C@H](O)C(F)(F)F)c2=O)n1. The first-order chi connectivity index (χ1) is 19.1. The highest BCUT2D eigenvalue weighted by Gasteiger charge is 2.39. The third-order valence-corrected chi connectivity index (χ3v) is 6.23. The van der Waals surface area contributed by atoms with Gasteiger partial charge in [0, 0.05) is 27.7 Å². The van der Waals surface area contributed by atoms with Gasteiger partial charge < -0.3 is 16.2 Å². The summed E-state index contributed by atoms with van der Waals surface area (Å²) < 4.78 is 42.2. The van der Waals surface area contributed by atoms with Crippen molar-refractivity contribution in [2.75, 3.05) is 6.54 Å². The number of aliphatic hydroxyl groups excluding tert-OH is 1. The summed E-state index contributed by atoms with van der Waals surface area (Å²) in [6.45, 7) is 2.29. The van der Waals surface area contributed by atoms with Gasteiger partial charge >= 0.3 is 11.9 Å². The molecular formula is C25H25Cl2F3N8O3. The van der Waals surface area contributed by atoms with E-state index in [1.807, 2.05) is 0 Å². The van der Waals surface area contributed by atoms with Gasteiger partial charge in [-0.15, -0.1) is 10.2 Å². The van der Waals surface area contributed by atoms with Crippen LogP contribution < -0.4 is 16.7 Å². The summed E-state index contributed by atoms with van der Waals surface area (Å²) in [7, 11) is 0. The molecule has 1 atom stereocenters. The third kappa shape index (κ3) is 7.33. The molecule has 41 heavy (non-hydrogen) atoms. The van der Waals surface area contributed by atoms with Gasteiger partial charge in [-0.05, 0) is 56.3 Å². The zero-order chi connectivity index (χ0) is 30.1. The normalized spacial score (nSPS) is 12.9. The summed E-state index contributed by atoms with van der Waals surface area (Å²) >= 11 is 12.0. The van der Waals surface area contributed by atoms with E-state index in [-0.39, 0.29) is 30.3 Å². The van der Waals surface area contributed by atoms with E-state index in [2.05, 4.69) is 20.5 Å². The lowest BCUT2D eigenvalue weighted by molar-refractivity contribution is -0.207. The molecule has 0 aliphatic heterocycles. The number of nitrogens with zero attached hydrogens (tertiary/aromatic N) is 6. The van der Waals surface area contributed by atoms with E-state index in [4.69, 9.17) is 28.9 Å². The third-order valence-electron chi connectivity index (χ3n) is 5.74. The Morgan fingerprint density at radius 2 is 1.76 bits per heavy atom. The molecule has 0 saturated heterocycles. The van der Waals surface area contributed by atoms with E-state index in [9.17, 15) is 27.9 Å². The molecule has 1 amide bonds. The lowest BCUT2D eigenvalue weighted by Crippen LogP contribution is -2.45. The number of aromatic nitrogens is 6. The Balaban J connectivity index is 1.67. The summed E-state index contributed by atoms with van der Waals surface area (Å²) in [4.78, 5) is 30.2. The molecule has 4 aromatic rings. The molecule has 2 aromatic heterocycles. The quantitative estimate of drug-likeness (QED) is 0.263. The van der Waals surface area contributed by atoms with Gasteiger partial charge in [-0.2, -0.15) is 13.2 Å². The predicted molar refractivity (Wildman–Crippen MR) is 145 cm³/mol. The number of amides is 1. The first-order valence-electron chi connectivity index (χ1n) is 12.1. The number of nitrogens with two attached hydrogens (primary N) is 1. The zero-order valence-electron chi connectivity index (χ0n) is 21.7. The molecule has 2 aromatic carbocycles. The number of halogens is 5. The minimum Gasteiger partial charge on any atom is -0.382 e. The molecule has 4 N–H and O–H groups in total. The Hall–Kier alpha value is -3.72. The van der Waals surface area contributed by atoms with Crippen molar-refractivity contribution in [1.29, 1.82) is 0 Å². The minimum atomic E-state index is -4.96. The second kappa shape index (κ2) is 11.6. The van der Waals surface area contributed by atoms with Crippen molar-refractivity contribution < 1.29 is 23.1 Å². The van der Waals surface area contributed by atoms with Crippen molar-refractivity contribution in [3.8, 4) is 17.1 Å². The fourth-order valence-corrected chi connectivity index (χ4v) is 4.01. The number of benzene rings is 2. The van der Waals surface area contributed by atoms with Crippen LogP contribution in [0.4, 0.5) is 13.2 Å². The average molecular weight is 613 g/mol. The summed E-state index contributed by atoms with van der Waals surface area (Å²) in [5, 5.41) is 21.6. The van der Waals surface area contributed by atoms with Crippen LogP contribution in [-0.4, -0.2) is 64.5 Å². The van der Waals surface area contributed by atoms with Crippen LogP contribution in [0.25, 0.3) is 17.1 Å². The van der Waals surface area contributed by atoms with Crippen molar-refractivity contribution in [2.45, 2.75) is 44.8 Å². The van der Waals surface area contributed by atoms with Gasteiger partial charge in [0.05, 0.1) is 17.8 Å². The van der Waals surface area contributed by atoms with Crippen LogP contribution in [0, 0.1) is 0 Å². The average Bonchev–Trinajstić information content (AvgIpc) is 3.47. The summed E-state index contributed by atoms with van der Waals surface area (Å²) in [5.41, 5.74) is 5.18. The van der Waals surface area contributed by atoms with Crippen LogP contribution in [0.2, 0.25) is 10.0 Å². The number of aliphatic hydroxyl groups is 1. The second-order valence-corrected chi connectivity index (χ2v) is 10.7. The molecular weight excluding hydrogens is 588 g/mol. The molecule has 11 nitrogen and oxygen atoms in total. The molecule has 16 heteroatoms. The van der Waals surface area contributed by atoms with Gasteiger partial charge in [-0.25, -0.2) is 19.1 Å². The molecule has 4 rings (SSSR count). The van der Waals surface area contributed by atoms with Crippen LogP contribution in [0.15, 0.2) is 53.6 Å². The molecule has 0 aliphatic rings. The molecule has 0 aliphatic carbocycles. The van der Waals surface area contributed by atoms with Crippen LogP contribution >= 0.6 is 23.2 Å². The van der Waals surface area contributed by atoms with Gasteiger partial charge in [-0.3, -0.25) is 9.36 Å². The fourth-order valence-electron chi connectivity index (χ4n) is 3.71. The highest BCUT2D eigenvalue weighted by Crippen LogP contribution is 2.24. The number of carbonyl (C=O) groups is 1. The highest BCUT2D eigenvalue weighted by atomic mass is 35.5. The Labute approximate surface area is 241 Å². The maximum absolute atomic E-state index is 13.1. The molecule has 218 valence electrons. The minimum absolute atomic E-state index is 0.0696. The summed E-state index contributed by atoms with van der Waals surface area (Å²) in [5.74, 6) is -0.502. The van der Waals surface area contributed by atoms with Gasteiger partial charge in [0.2, 0.25) is 0 Å². The molecule has 2 heterocycles. The monoisotopic (exact) mass is 612 g/mol. The van der Waals surface area contributed by atoms with Crippen LogP contribution in [-0.2, 0) is 13.1 Å². The van der Waals surface area contributed by atoms with Crippen molar-refractivity contribution in [2.24, 2.45) is 5.73 Å². The number of hydrogen-bond donors (Lipinski definition) is 3. The molecule has 0 radical (unpaired) electrons. The van der Waals surface area contributed by atoms with E-state index in [1.54, 1.807) is 26.0 Å². The van der Waals surface area contributed by atoms with Crippen molar-refractivity contribution in [1.82, 2.24) is 34.4 Å². The van der Waals surface area contributed by atoms with Crippen molar-refractivity contribution >= 4 is 29.1 Å². The standard InChI is InChI=1S/C25H25Cl2F3N8O3/c1-24(2,31)12-32-22(40)17-9-16(27)7-8-18(17)38-13-33-20(34-38)11-37-23(41)36(10-19(39)25(28,29)30)21(35-37)14-3-5-15(26)6-4-14/h3-9,13,19,39H,10-12,31H2,1-2H3,(H,32,40)/t19-/m0/s1. The van der Waals surface area contributed by atoms with E-state index in [0.717, 1.165) is 9.25 Å². The Morgan fingerprint density at radius 1 is 1.10 bits per heavy atom. The molecule has 0 bridgehead atoms. The molecule has 0 unspecified atom stereocenters. The maximum Gasteiger partial charge on any atom is 0.416 e. The number of rotatable bonds is 9. The van der Waals surface area contributed by atoms with Gasteiger partial charge in [0.1, 0.15) is 12.9 Å². The predicted octanol–water partition coefficient (Wildman–Crippen LogP) is 3.04. The summed E-state index contributed by atoms with van der Waals surface area (Å²) in [6, 6.07) is 10.5. The maximum atomic E-state index is 13.1. The Morgan fingerprint density at radius 3 is 2.39 bits per heavy atom. The smallest absolute Gasteiger partial charge is 0.382 e. The number of nitrogens with one attached hydrogen (secondary N) is 1. The largest absolute Gasteiger partial charge is 0.416 e.